The quantitative estimate of drug-likeness (QED) is 0.524. The Labute approximate surface area is 134 Å². The van der Waals surface area contributed by atoms with Gasteiger partial charge in [0.15, 0.2) is 0 Å². The summed E-state index contributed by atoms with van der Waals surface area (Å²) >= 11 is 0. The molecule has 23 heavy (non-hydrogen) atoms. The van der Waals surface area contributed by atoms with Crippen LogP contribution in [-0.4, -0.2) is 31.9 Å². The molecule has 1 N–H and O–H groups in total. The number of fused-ring (bicyclic) bond motifs is 3. The van der Waals surface area contributed by atoms with Gasteiger partial charge in [-0.15, -0.1) is 0 Å². The molecule has 116 valence electrons. The maximum absolute atomic E-state index is 11.7. The van der Waals surface area contributed by atoms with E-state index in [1.165, 1.54) is 28.3 Å². The lowest BCUT2D eigenvalue weighted by Gasteiger charge is -2.14. The second kappa shape index (κ2) is 6.90. The van der Waals surface area contributed by atoms with Gasteiger partial charge in [0.05, 0.1) is 6.54 Å². The number of rotatable bonds is 5. The number of isocyanates is 1. The first-order valence-electron chi connectivity index (χ1n) is 7.43. The Balaban J connectivity index is 1.68. The van der Waals surface area contributed by atoms with Crippen LogP contribution in [0.5, 0.6) is 0 Å². The number of hydrogen-bond acceptors (Lipinski definition) is 4. The highest BCUT2D eigenvalue weighted by Gasteiger charge is 2.28. The summed E-state index contributed by atoms with van der Waals surface area (Å²) in [6, 6.07) is 16.3. The molecule has 0 heterocycles. The molecule has 0 atom stereocenters. The predicted molar refractivity (Wildman–Crippen MR) is 86.1 cm³/mol. The standard InChI is InChI=1S/C18H16N2O3/c21-12-19-9-10-20-18(22)23-11-17-15-7-3-1-5-13(15)14-6-2-4-8-16(14)17/h1-8,17H,9-11H2,(H,20,22). The van der Waals surface area contributed by atoms with Crippen molar-refractivity contribution in [2.24, 2.45) is 4.99 Å². The van der Waals surface area contributed by atoms with Gasteiger partial charge in [0.2, 0.25) is 6.08 Å². The topological polar surface area (TPSA) is 67.8 Å². The minimum atomic E-state index is -0.507. The van der Waals surface area contributed by atoms with Crippen molar-refractivity contribution in [2.75, 3.05) is 19.7 Å². The number of ether oxygens (including phenoxy) is 1. The first kappa shape index (κ1) is 15.0. The monoisotopic (exact) mass is 308 g/mol. The fraction of sp³-hybridized carbons (Fsp3) is 0.222. The molecule has 0 aromatic heterocycles. The van der Waals surface area contributed by atoms with Crippen molar-refractivity contribution in [3.8, 4) is 11.1 Å². The van der Waals surface area contributed by atoms with Crippen molar-refractivity contribution < 1.29 is 14.3 Å². The Bertz CT molecular complexity index is 721. The van der Waals surface area contributed by atoms with E-state index in [1.54, 1.807) is 0 Å². The molecule has 3 rings (SSSR count). The smallest absolute Gasteiger partial charge is 0.407 e. The molecule has 1 aliphatic carbocycles. The van der Waals surface area contributed by atoms with E-state index < -0.39 is 6.09 Å². The lowest BCUT2D eigenvalue weighted by molar-refractivity contribution is 0.143. The number of alkyl carbamates (subject to hydrolysis) is 1. The lowest BCUT2D eigenvalue weighted by Crippen LogP contribution is -2.28. The zero-order valence-electron chi connectivity index (χ0n) is 12.5. The first-order chi connectivity index (χ1) is 11.3. The third-order valence-corrected chi connectivity index (χ3v) is 3.90. The number of carbonyl (C=O) groups is 1. The van der Waals surface area contributed by atoms with Gasteiger partial charge in [-0.05, 0) is 22.3 Å². The van der Waals surface area contributed by atoms with Gasteiger partial charge in [-0.3, -0.25) is 0 Å². The van der Waals surface area contributed by atoms with Crippen molar-refractivity contribution in [3.05, 3.63) is 59.7 Å². The Morgan fingerprint density at radius 2 is 1.70 bits per heavy atom. The number of aliphatic imine (C=N–C) groups is 1. The lowest BCUT2D eigenvalue weighted by atomic mass is 9.98. The number of nitrogens with one attached hydrogen (secondary N) is 1. The van der Waals surface area contributed by atoms with E-state index in [0.717, 1.165) is 0 Å². The van der Waals surface area contributed by atoms with Crippen LogP contribution in [0.2, 0.25) is 0 Å². The molecule has 2 aromatic carbocycles. The van der Waals surface area contributed by atoms with Gasteiger partial charge < -0.3 is 10.1 Å². The van der Waals surface area contributed by atoms with E-state index in [-0.39, 0.29) is 25.6 Å². The molecule has 2 aromatic rings. The Kier molecular flexibility index (Phi) is 4.50. The normalized spacial score (nSPS) is 12.0. The van der Waals surface area contributed by atoms with E-state index in [4.69, 9.17) is 4.74 Å². The molecule has 1 aliphatic rings. The SMILES string of the molecule is O=C=NCCNC(=O)OCC1c2ccccc2-c2ccccc21. The minimum Gasteiger partial charge on any atom is -0.449 e. The zero-order valence-corrected chi connectivity index (χ0v) is 12.5. The molecule has 0 saturated heterocycles. The summed E-state index contributed by atoms with van der Waals surface area (Å²) in [5.74, 6) is 0.0427. The molecule has 0 aliphatic heterocycles. The predicted octanol–water partition coefficient (Wildman–Crippen LogP) is 2.86. The average molecular weight is 308 g/mol. The minimum absolute atomic E-state index is 0.0427. The summed E-state index contributed by atoms with van der Waals surface area (Å²) in [5.41, 5.74) is 4.73. The molecular weight excluding hydrogens is 292 g/mol. The van der Waals surface area contributed by atoms with Crippen LogP contribution < -0.4 is 5.32 Å². The van der Waals surface area contributed by atoms with E-state index >= 15 is 0 Å². The van der Waals surface area contributed by atoms with Crippen LogP contribution in [0.3, 0.4) is 0 Å². The van der Waals surface area contributed by atoms with Gasteiger partial charge >= 0.3 is 6.09 Å². The van der Waals surface area contributed by atoms with Crippen LogP contribution in [0.25, 0.3) is 11.1 Å². The van der Waals surface area contributed by atoms with Crippen molar-refractivity contribution >= 4 is 12.2 Å². The van der Waals surface area contributed by atoms with Crippen molar-refractivity contribution in [3.63, 3.8) is 0 Å². The van der Waals surface area contributed by atoms with E-state index in [2.05, 4.69) is 34.6 Å². The Morgan fingerprint density at radius 1 is 1.09 bits per heavy atom. The molecule has 5 nitrogen and oxygen atoms in total. The van der Waals surface area contributed by atoms with Gasteiger partial charge in [0, 0.05) is 12.5 Å². The second-order valence-corrected chi connectivity index (χ2v) is 5.23. The fourth-order valence-electron chi connectivity index (χ4n) is 2.91. The summed E-state index contributed by atoms with van der Waals surface area (Å²) in [5, 5.41) is 2.56. The van der Waals surface area contributed by atoms with Crippen molar-refractivity contribution in [2.45, 2.75) is 5.92 Å². The summed E-state index contributed by atoms with van der Waals surface area (Å²) < 4.78 is 5.33. The van der Waals surface area contributed by atoms with E-state index in [9.17, 15) is 9.59 Å². The number of carbonyl (C=O) groups excluding carboxylic acids is 2. The highest BCUT2D eigenvalue weighted by molar-refractivity contribution is 5.79. The molecule has 0 radical (unpaired) electrons. The fourth-order valence-corrected chi connectivity index (χ4v) is 2.91. The van der Waals surface area contributed by atoms with Crippen LogP contribution in [0, 0.1) is 0 Å². The van der Waals surface area contributed by atoms with E-state index in [1.807, 2.05) is 24.3 Å². The number of amides is 1. The van der Waals surface area contributed by atoms with Gasteiger partial charge in [-0.1, -0.05) is 48.5 Å². The van der Waals surface area contributed by atoms with Gasteiger partial charge in [0.25, 0.3) is 0 Å². The average Bonchev–Trinajstić information content (AvgIpc) is 2.91. The summed E-state index contributed by atoms with van der Waals surface area (Å²) in [4.78, 5) is 25.0. The van der Waals surface area contributed by atoms with Crippen LogP contribution >= 0.6 is 0 Å². The largest absolute Gasteiger partial charge is 0.449 e. The highest BCUT2D eigenvalue weighted by Crippen LogP contribution is 2.44. The Morgan fingerprint density at radius 3 is 2.30 bits per heavy atom. The van der Waals surface area contributed by atoms with Crippen LogP contribution in [0.15, 0.2) is 53.5 Å². The number of hydrogen-bond donors (Lipinski definition) is 1. The molecule has 0 unspecified atom stereocenters. The molecule has 0 bridgehead atoms. The first-order valence-corrected chi connectivity index (χ1v) is 7.43. The highest BCUT2D eigenvalue weighted by atomic mass is 16.5. The third kappa shape index (κ3) is 3.15. The Hall–Kier alpha value is -2.91. The van der Waals surface area contributed by atoms with Crippen LogP contribution in [0.1, 0.15) is 17.0 Å². The zero-order chi connectivity index (χ0) is 16.1. The van der Waals surface area contributed by atoms with Gasteiger partial charge in [-0.25, -0.2) is 14.6 Å². The van der Waals surface area contributed by atoms with Crippen LogP contribution in [0.4, 0.5) is 4.79 Å². The molecule has 5 heteroatoms. The van der Waals surface area contributed by atoms with Crippen molar-refractivity contribution in [1.82, 2.24) is 5.32 Å². The summed E-state index contributed by atoms with van der Waals surface area (Å²) in [7, 11) is 0. The maximum Gasteiger partial charge on any atom is 0.407 e. The molecular formula is C18H16N2O3. The maximum atomic E-state index is 11.7. The third-order valence-electron chi connectivity index (χ3n) is 3.90. The summed E-state index contributed by atoms with van der Waals surface area (Å²) in [6.07, 6.45) is 0.917. The second-order valence-electron chi connectivity index (χ2n) is 5.23. The molecule has 0 spiro atoms. The molecule has 0 saturated carbocycles. The number of benzene rings is 2. The number of nitrogens with zero attached hydrogens (tertiary/aromatic N) is 1. The van der Waals surface area contributed by atoms with Gasteiger partial charge in [0.1, 0.15) is 6.61 Å². The van der Waals surface area contributed by atoms with Gasteiger partial charge in [-0.2, -0.15) is 0 Å². The van der Waals surface area contributed by atoms with E-state index in [0.29, 0.717) is 0 Å². The van der Waals surface area contributed by atoms with Crippen LogP contribution in [-0.2, 0) is 9.53 Å². The van der Waals surface area contributed by atoms with Crippen molar-refractivity contribution in [1.29, 1.82) is 0 Å². The molecule has 0 fully saturated rings. The molecule has 1 amide bonds. The summed E-state index contributed by atoms with van der Waals surface area (Å²) in [6.45, 7) is 0.733.